The van der Waals surface area contributed by atoms with Crippen molar-refractivity contribution < 1.29 is 19.0 Å². The van der Waals surface area contributed by atoms with Gasteiger partial charge in [0, 0.05) is 21.7 Å². The van der Waals surface area contributed by atoms with Gasteiger partial charge in [0.25, 0.3) is 5.91 Å². The van der Waals surface area contributed by atoms with Gasteiger partial charge in [-0.15, -0.1) is 0 Å². The van der Waals surface area contributed by atoms with Crippen LogP contribution in [0.1, 0.15) is 21.5 Å². The number of carbonyl (C=O) groups excluding carboxylic acids is 1. The smallest absolute Gasteiger partial charge is 0.271 e. The van der Waals surface area contributed by atoms with Crippen LogP contribution >= 0.6 is 15.9 Å². The number of nitrogens with one attached hydrogen (secondary N) is 1. The van der Waals surface area contributed by atoms with Crippen LogP contribution in [0.4, 0.5) is 0 Å². The Labute approximate surface area is 206 Å². The Bertz CT molecular complexity index is 1310. The van der Waals surface area contributed by atoms with Crippen molar-refractivity contribution in [3.63, 3.8) is 0 Å². The van der Waals surface area contributed by atoms with Crippen molar-refractivity contribution in [1.82, 2.24) is 5.43 Å². The van der Waals surface area contributed by atoms with Crippen LogP contribution in [0.15, 0.2) is 88.4 Å². The molecule has 0 spiro atoms. The number of fused-ring (bicyclic) bond motifs is 1. The monoisotopic (exact) mass is 518 g/mol. The highest BCUT2D eigenvalue weighted by Gasteiger charge is 2.11. The average molecular weight is 519 g/mol. The van der Waals surface area contributed by atoms with E-state index < -0.39 is 0 Å². The fourth-order valence-electron chi connectivity index (χ4n) is 3.43. The van der Waals surface area contributed by atoms with Crippen LogP contribution in [0, 0.1) is 0 Å². The summed E-state index contributed by atoms with van der Waals surface area (Å²) < 4.78 is 17.6. The first-order valence-electron chi connectivity index (χ1n) is 10.5. The predicted molar refractivity (Wildman–Crippen MR) is 137 cm³/mol. The minimum Gasteiger partial charge on any atom is -0.497 e. The molecule has 172 valence electrons. The van der Waals surface area contributed by atoms with Gasteiger partial charge in [0.05, 0.1) is 20.4 Å². The zero-order valence-corrected chi connectivity index (χ0v) is 20.3. The lowest BCUT2D eigenvalue weighted by Gasteiger charge is -2.12. The van der Waals surface area contributed by atoms with E-state index in [1.165, 1.54) is 14.2 Å². The summed E-state index contributed by atoms with van der Waals surface area (Å²) in [6, 6.07) is 24.8. The summed E-state index contributed by atoms with van der Waals surface area (Å²) >= 11 is 3.45. The summed E-state index contributed by atoms with van der Waals surface area (Å²) in [5, 5.41) is 6.23. The van der Waals surface area contributed by atoms with E-state index in [-0.39, 0.29) is 5.91 Å². The Morgan fingerprint density at radius 1 is 0.941 bits per heavy atom. The second kappa shape index (κ2) is 10.9. The van der Waals surface area contributed by atoms with Crippen LogP contribution in [-0.2, 0) is 6.61 Å². The summed E-state index contributed by atoms with van der Waals surface area (Å²) in [5.41, 5.74) is 4.77. The zero-order valence-electron chi connectivity index (χ0n) is 18.7. The Morgan fingerprint density at radius 2 is 1.65 bits per heavy atom. The number of hydrogen-bond donors (Lipinski definition) is 1. The van der Waals surface area contributed by atoms with Gasteiger partial charge in [0.2, 0.25) is 0 Å². The Morgan fingerprint density at radius 3 is 2.35 bits per heavy atom. The molecule has 4 aromatic carbocycles. The van der Waals surface area contributed by atoms with Gasteiger partial charge in [-0.1, -0.05) is 58.4 Å². The fraction of sp³-hybridized carbons (Fsp3) is 0.111. The number of hydrazone groups is 1. The molecule has 6 nitrogen and oxygen atoms in total. The molecule has 0 aliphatic rings. The van der Waals surface area contributed by atoms with E-state index in [0.29, 0.717) is 29.4 Å². The summed E-state index contributed by atoms with van der Waals surface area (Å²) in [5.74, 6) is 1.33. The predicted octanol–water partition coefficient (Wildman–Crippen LogP) is 5.96. The molecule has 0 radical (unpaired) electrons. The average Bonchev–Trinajstić information content (AvgIpc) is 2.88. The summed E-state index contributed by atoms with van der Waals surface area (Å²) in [6.45, 7) is 0.405. The summed E-state index contributed by atoms with van der Waals surface area (Å²) in [6.07, 6.45) is 1.61. The molecule has 1 amide bonds. The van der Waals surface area contributed by atoms with E-state index in [1.54, 1.807) is 24.4 Å². The van der Waals surface area contributed by atoms with Gasteiger partial charge in [-0.05, 0) is 46.7 Å². The largest absolute Gasteiger partial charge is 0.497 e. The van der Waals surface area contributed by atoms with E-state index in [9.17, 15) is 4.79 Å². The topological polar surface area (TPSA) is 69.2 Å². The number of benzene rings is 4. The molecule has 7 heteroatoms. The number of nitrogens with zero attached hydrogens (tertiary/aromatic N) is 1. The molecule has 0 atom stereocenters. The first-order chi connectivity index (χ1) is 16.6. The third-order valence-corrected chi connectivity index (χ3v) is 5.74. The Kier molecular flexibility index (Phi) is 7.44. The maximum atomic E-state index is 12.7. The van der Waals surface area contributed by atoms with E-state index in [0.717, 1.165) is 26.4 Å². The number of ether oxygens (including phenoxy) is 3. The number of halogens is 1. The van der Waals surface area contributed by atoms with Gasteiger partial charge in [0.15, 0.2) is 0 Å². The molecule has 0 heterocycles. The normalized spacial score (nSPS) is 10.9. The maximum absolute atomic E-state index is 12.7. The van der Waals surface area contributed by atoms with Crippen LogP contribution in [0.5, 0.6) is 17.2 Å². The molecule has 0 aliphatic carbocycles. The van der Waals surface area contributed by atoms with Crippen LogP contribution in [-0.4, -0.2) is 26.3 Å². The van der Waals surface area contributed by atoms with Gasteiger partial charge in [-0.2, -0.15) is 5.10 Å². The number of hydrogen-bond acceptors (Lipinski definition) is 5. The van der Waals surface area contributed by atoms with Crippen LogP contribution in [0.3, 0.4) is 0 Å². The van der Waals surface area contributed by atoms with Crippen molar-refractivity contribution in [1.29, 1.82) is 0 Å². The van der Waals surface area contributed by atoms with E-state index in [1.807, 2.05) is 60.7 Å². The third-order valence-electron chi connectivity index (χ3n) is 5.21. The lowest BCUT2D eigenvalue weighted by molar-refractivity contribution is 0.0954. The first kappa shape index (κ1) is 23.3. The maximum Gasteiger partial charge on any atom is 0.271 e. The Balaban J connectivity index is 1.58. The van der Waals surface area contributed by atoms with E-state index >= 15 is 0 Å². The van der Waals surface area contributed by atoms with Crippen molar-refractivity contribution in [2.45, 2.75) is 6.61 Å². The lowest BCUT2D eigenvalue weighted by Crippen LogP contribution is -2.18. The molecule has 0 saturated heterocycles. The molecular weight excluding hydrogens is 496 g/mol. The quantitative estimate of drug-likeness (QED) is 0.230. The molecule has 0 saturated carbocycles. The summed E-state index contributed by atoms with van der Waals surface area (Å²) in [4.78, 5) is 12.7. The van der Waals surface area contributed by atoms with Crippen molar-refractivity contribution >= 4 is 38.8 Å². The fourth-order valence-corrected chi connectivity index (χ4v) is 3.70. The molecule has 34 heavy (non-hydrogen) atoms. The van der Waals surface area contributed by atoms with Gasteiger partial charge in [-0.3, -0.25) is 4.79 Å². The highest BCUT2D eigenvalue weighted by atomic mass is 79.9. The number of rotatable bonds is 8. The molecule has 0 bridgehead atoms. The zero-order chi connectivity index (χ0) is 23.9. The second-order valence-electron chi connectivity index (χ2n) is 7.41. The van der Waals surface area contributed by atoms with Crippen LogP contribution in [0.2, 0.25) is 0 Å². The molecule has 0 unspecified atom stereocenters. The third kappa shape index (κ3) is 5.55. The van der Waals surface area contributed by atoms with Crippen molar-refractivity contribution in [3.05, 3.63) is 100 Å². The SMILES string of the molecule is COc1cc(OC)cc(C(=O)N/N=C\c2c(OCc3ccc(Br)cc3)ccc3ccccc23)c1. The Hall–Kier alpha value is -3.84. The van der Waals surface area contributed by atoms with Crippen molar-refractivity contribution in [2.24, 2.45) is 5.10 Å². The summed E-state index contributed by atoms with van der Waals surface area (Å²) in [7, 11) is 3.07. The van der Waals surface area contributed by atoms with Gasteiger partial charge in [0.1, 0.15) is 23.9 Å². The molecule has 0 aromatic heterocycles. The molecule has 4 aromatic rings. The highest BCUT2D eigenvalue weighted by Crippen LogP contribution is 2.28. The molecule has 1 N–H and O–H groups in total. The molecule has 4 rings (SSSR count). The number of methoxy groups -OCH3 is 2. The minimum atomic E-state index is -0.383. The van der Waals surface area contributed by atoms with Crippen LogP contribution < -0.4 is 19.6 Å². The van der Waals surface area contributed by atoms with Crippen LogP contribution in [0.25, 0.3) is 10.8 Å². The highest BCUT2D eigenvalue weighted by molar-refractivity contribution is 9.10. The second-order valence-corrected chi connectivity index (χ2v) is 8.33. The molecule has 0 fully saturated rings. The van der Waals surface area contributed by atoms with Crippen molar-refractivity contribution in [2.75, 3.05) is 14.2 Å². The van der Waals surface area contributed by atoms with Gasteiger partial charge < -0.3 is 14.2 Å². The lowest BCUT2D eigenvalue weighted by atomic mass is 10.0. The number of amides is 1. The van der Waals surface area contributed by atoms with E-state index in [4.69, 9.17) is 14.2 Å². The standard InChI is InChI=1S/C27H23BrN2O4/c1-32-22-13-20(14-23(15-22)33-2)27(31)30-29-16-25-24-6-4-3-5-19(24)9-12-26(25)34-17-18-7-10-21(28)11-8-18/h3-16H,17H2,1-2H3,(H,30,31)/b29-16-. The van der Waals surface area contributed by atoms with Gasteiger partial charge in [-0.25, -0.2) is 5.43 Å². The van der Waals surface area contributed by atoms with Gasteiger partial charge >= 0.3 is 0 Å². The minimum absolute atomic E-state index is 0.373. The van der Waals surface area contributed by atoms with Crippen molar-refractivity contribution in [3.8, 4) is 17.2 Å². The number of carbonyl (C=O) groups is 1. The first-order valence-corrected chi connectivity index (χ1v) is 11.3. The molecule has 0 aliphatic heterocycles. The molecular formula is C27H23BrN2O4. The van der Waals surface area contributed by atoms with E-state index in [2.05, 4.69) is 26.5 Å².